The zero-order chi connectivity index (χ0) is 13.8. The van der Waals surface area contributed by atoms with Crippen molar-refractivity contribution in [3.63, 3.8) is 0 Å². The van der Waals surface area contributed by atoms with Crippen LogP contribution in [0.1, 0.15) is 10.6 Å². The fourth-order valence-electron chi connectivity index (χ4n) is 1.53. The molecule has 1 aromatic carbocycles. The van der Waals surface area contributed by atoms with Crippen molar-refractivity contribution < 1.29 is 18.7 Å². The number of nitrogens with one attached hydrogen (secondary N) is 1. The maximum atomic E-state index is 12.0. The first-order valence-electron chi connectivity index (χ1n) is 5.42. The van der Waals surface area contributed by atoms with Gasteiger partial charge in [0.15, 0.2) is 10.4 Å². The third kappa shape index (κ3) is 3.08. The van der Waals surface area contributed by atoms with Crippen molar-refractivity contribution in [2.75, 3.05) is 19.5 Å². The van der Waals surface area contributed by atoms with Gasteiger partial charge in [0.05, 0.1) is 19.9 Å². The summed E-state index contributed by atoms with van der Waals surface area (Å²) in [6.07, 6.45) is 0. The maximum absolute atomic E-state index is 12.0. The van der Waals surface area contributed by atoms with Gasteiger partial charge in [-0.1, -0.05) is 0 Å². The molecule has 2 aromatic rings. The maximum Gasteiger partial charge on any atom is 0.291 e. The molecule has 5 nitrogen and oxygen atoms in total. The second-order valence-electron chi connectivity index (χ2n) is 3.62. The van der Waals surface area contributed by atoms with Crippen LogP contribution in [0.4, 0.5) is 5.69 Å². The summed E-state index contributed by atoms with van der Waals surface area (Å²) in [7, 11) is 3.08. The van der Waals surface area contributed by atoms with Crippen molar-refractivity contribution in [2.24, 2.45) is 0 Å². The average Bonchev–Trinajstić information content (AvgIpc) is 2.85. The van der Waals surface area contributed by atoms with E-state index < -0.39 is 0 Å². The minimum absolute atomic E-state index is 0.205. The van der Waals surface area contributed by atoms with E-state index in [-0.39, 0.29) is 11.7 Å². The van der Waals surface area contributed by atoms with Gasteiger partial charge in [-0.2, -0.15) is 0 Å². The molecule has 0 bridgehead atoms. The molecule has 0 unspecified atom stereocenters. The molecule has 0 fully saturated rings. The van der Waals surface area contributed by atoms with Crippen LogP contribution in [0.25, 0.3) is 0 Å². The standard InChI is InChI=1S/C13H12BrNO4/c1-17-8-3-4-10(18-2)9(7-8)15-13(16)11-5-6-12(14)19-11/h3-7H,1-2H3,(H,15,16). The van der Waals surface area contributed by atoms with Crippen molar-refractivity contribution in [3.05, 3.63) is 40.8 Å². The number of carbonyl (C=O) groups excluding carboxylic acids is 1. The number of hydrogen-bond acceptors (Lipinski definition) is 4. The van der Waals surface area contributed by atoms with Crippen LogP contribution in [0, 0.1) is 0 Å². The van der Waals surface area contributed by atoms with Gasteiger partial charge >= 0.3 is 0 Å². The van der Waals surface area contributed by atoms with Crippen molar-refractivity contribution in [3.8, 4) is 11.5 Å². The predicted octanol–water partition coefficient (Wildman–Crippen LogP) is 3.31. The van der Waals surface area contributed by atoms with Gasteiger partial charge < -0.3 is 19.2 Å². The Kier molecular flexibility index (Phi) is 4.11. The quantitative estimate of drug-likeness (QED) is 0.936. The van der Waals surface area contributed by atoms with E-state index >= 15 is 0 Å². The van der Waals surface area contributed by atoms with Gasteiger partial charge in [0.25, 0.3) is 5.91 Å². The Morgan fingerprint density at radius 2 is 2.00 bits per heavy atom. The molecule has 6 heteroatoms. The van der Waals surface area contributed by atoms with E-state index in [9.17, 15) is 4.79 Å². The second kappa shape index (κ2) is 5.79. The van der Waals surface area contributed by atoms with Gasteiger partial charge in [-0.25, -0.2) is 0 Å². The normalized spacial score (nSPS) is 10.1. The molecule has 0 aliphatic rings. The van der Waals surface area contributed by atoms with Gasteiger partial charge in [-0.15, -0.1) is 0 Å². The lowest BCUT2D eigenvalue weighted by atomic mass is 10.2. The highest BCUT2D eigenvalue weighted by Gasteiger charge is 2.13. The van der Waals surface area contributed by atoms with Crippen LogP contribution in [0.2, 0.25) is 0 Å². The van der Waals surface area contributed by atoms with Crippen LogP contribution in [0.3, 0.4) is 0 Å². The smallest absolute Gasteiger partial charge is 0.291 e. The molecule has 1 heterocycles. The SMILES string of the molecule is COc1ccc(OC)c(NC(=O)c2ccc(Br)o2)c1. The lowest BCUT2D eigenvalue weighted by Crippen LogP contribution is -2.11. The molecular weight excluding hydrogens is 314 g/mol. The zero-order valence-electron chi connectivity index (χ0n) is 10.4. The van der Waals surface area contributed by atoms with E-state index in [1.54, 1.807) is 37.4 Å². The molecular formula is C13H12BrNO4. The number of carbonyl (C=O) groups is 1. The summed E-state index contributed by atoms with van der Waals surface area (Å²) in [5, 5.41) is 2.71. The van der Waals surface area contributed by atoms with Crippen molar-refractivity contribution in [2.45, 2.75) is 0 Å². The molecule has 0 atom stereocenters. The Balaban J connectivity index is 2.24. The first-order chi connectivity index (χ1) is 9.13. The highest BCUT2D eigenvalue weighted by Crippen LogP contribution is 2.29. The first-order valence-corrected chi connectivity index (χ1v) is 6.22. The molecule has 0 aliphatic heterocycles. The molecule has 1 N–H and O–H groups in total. The minimum atomic E-state index is -0.364. The molecule has 100 valence electrons. The summed E-state index contributed by atoms with van der Waals surface area (Å²) in [4.78, 5) is 12.0. The lowest BCUT2D eigenvalue weighted by molar-refractivity contribution is 0.0995. The summed E-state index contributed by atoms with van der Waals surface area (Å²) < 4.78 is 16.0. The molecule has 0 saturated carbocycles. The summed E-state index contributed by atoms with van der Waals surface area (Å²) >= 11 is 3.15. The topological polar surface area (TPSA) is 60.7 Å². The zero-order valence-corrected chi connectivity index (χ0v) is 12.0. The van der Waals surface area contributed by atoms with Crippen molar-refractivity contribution in [1.82, 2.24) is 0 Å². The summed E-state index contributed by atoms with van der Waals surface area (Å²) in [5.74, 6) is 1.01. The number of rotatable bonds is 4. The second-order valence-corrected chi connectivity index (χ2v) is 4.41. The van der Waals surface area contributed by atoms with E-state index in [2.05, 4.69) is 21.2 Å². The van der Waals surface area contributed by atoms with E-state index in [0.29, 0.717) is 21.9 Å². The van der Waals surface area contributed by atoms with Gasteiger partial charge in [-0.05, 0) is 40.2 Å². The van der Waals surface area contributed by atoms with Gasteiger partial charge in [0, 0.05) is 6.07 Å². The van der Waals surface area contributed by atoms with E-state index in [1.165, 1.54) is 7.11 Å². The minimum Gasteiger partial charge on any atom is -0.497 e. The molecule has 1 amide bonds. The lowest BCUT2D eigenvalue weighted by Gasteiger charge is -2.10. The average molecular weight is 326 g/mol. The van der Waals surface area contributed by atoms with Crippen molar-refractivity contribution in [1.29, 1.82) is 0 Å². The highest BCUT2D eigenvalue weighted by atomic mass is 79.9. The third-order valence-electron chi connectivity index (χ3n) is 2.45. The Morgan fingerprint density at radius 3 is 2.58 bits per heavy atom. The molecule has 0 radical (unpaired) electrons. The van der Waals surface area contributed by atoms with Crippen molar-refractivity contribution >= 4 is 27.5 Å². The summed E-state index contributed by atoms with van der Waals surface area (Å²) in [6.45, 7) is 0. The Morgan fingerprint density at radius 1 is 1.21 bits per heavy atom. The number of ether oxygens (including phenoxy) is 2. The van der Waals surface area contributed by atoms with Crippen LogP contribution in [0.15, 0.2) is 39.4 Å². The van der Waals surface area contributed by atoms with E-state index in [4.69, 9.17) is 13.9 Å². The monoisotopic (exact) mass is 325 g/mol. The molecule has 1 aromatic heterocycles. The fourth-order valence-corrected chi connectivity index (χ4v) is 1.84. The number of amides is 1. The van der Waals surface area contributed by atoms with Gasteiger partial charge in [-0.3, -0.25) is 4.79 Å². The van der Waals surface area contributed by atoms with Crippen LogP contribution in [-0.2, 0) is 0 Å². The number of furan rings is 1. The summed E-state index contributed by atoms with van der Waals surface area (Å²) in [6, 6.07) is 8.36. The molecule has 0 aliphatic carbocycles. The Labute approximate surface area is 118 Å². The predicted molar refractivity (Wildman–Crippen MR) is 73.9 cm³/mol. The molecule has 19 heavy (non-hydrogen) atoms. The number of anilines is 1. The van der Waals surface area contributed by atoms with Gasteiger partial charge in [0.1, 0.15) is 11.5 Å². The summed E-state index contributed by atoms with van der Waals surface area (Å²) in [5.41, 5.74) is 0.513. The Hall–Kier alpha value is -1.95. The van der Waals surface area contributed by atoms with Crippen LogP contribution in [0.5, 0.6) is 11.5 Å². The van der Waals surface area contributed by atoms with E-state index in [0.717, 1.165) is 0 Å². The van der Waals surface area contributed by atoms with Crippen LogP contribution >= 0.6 is 15.9 Å². The number of methoxy groups -OCH3 is 2. The molecule has 0 spiro atoms. The van der Waals surface area contributed by atoms with Crippen LogP contribution < -0.4 is 14.8 Å². The molecule has 0 saturated heterocycles. The molecule has 2 rings (SSSR count). The van der Waals surface area contributed by atoms with Crippen LogP contribution in [-0.4, -0.2) is 20.1 Å². The number of halogens is 1. The largest absolute Gasteiger partial charge is 0.497 e. The number of hydrogen-bond donors (Lipinski definition) is 1. The highest BCUT2D eigenvalue weighted by molar-refractivity contribution is 9.10. The first kappa shape index (κ1) is 13.5. The number of benzene rings is 1. The Bertz CT molecular complexity index is 594. The third-order valence-corrected chi connectivity index (χ3v) is 2.88. The van der Waals surface area contributed by atoms with Gasteiger partial charge in [0.2, 0.25) is 0 Å². The fraction of sp³-hybridized carbons (Fsp3) is 0.154. The van der Waals surface area contributed by atoms with E-state index in [1.807, 2.05) is 0 Å².